The number of nitrogens with two attached hydrogens (primary N) is 1. The predicted molar refractivity (Wildman–Crippen MR) is 29.7 cm³/mol. The van der Waals surface area contributed by atoms with E-state index in [9.17, 15) is 0 Å². The molecule has 3 N–H and O–H groups in total. The monoisotopic (exact) mass is 98.1 g/mol. The van der Waals surface area contributed by atoms with E-state index in [0.29, 0.717) is 0 Å². The summed E-state index contributed by atoms with van der Waals surface area (Å²) in [6.45, 7) is 1.03. The Morgan fingerprint density at radius 3 is 2.86 bits per heavy atom. The normalized spacial score (nSPS) is 30.7. The summed E-state index contributed by atoms with van der Waals surface area (Å²) in [7, 11) is 0. The van der Waals surface area contributed by atoms with E-state index >= 15 is 0 Å². The molecule has 0 fully saturated rings. The minimum atomic E-state index is 0.105. The SMILES string of the molecule is NC1C=CCCN1. The Morgan fingerprint density at radius 2 is 2.57 bits per heavy atom. The van der Waals surface area contributed by atoms with Crippen LogP contribution in [-0.4, -0.2) is 12.7 Å². The highest BCUT2D eigenvalue weighted by Gasteiger charge is 1.96. The lowest BCUT2D eigenvalue weighted by Crippen LogP contribution is -2.37. The molecule has 0 saturated carbocycles. The zero-order chi connectivity index (χ0) is 5.11. The second-order valence-electron chi connectivity index (χ2n) is 1.70. The van der Waals surface area contributed by atoms with E-state index in [-0.39, 0.29) is 6.17 Å². The summed E-state index contributed by atoms with van der Waals surface area (Å²) in [5.41, 5.74) is 5.44. The van der Waals surface area contributed by atoms with Gasteiger partial charge in [0.1, 0.15) is 0 Å². The molecule has 0 radical (unpaired) electrons. The first-order chi connectivity index (χ1) is 3.39. The van der Waals surface area contributed by atoms with E-state index in [2.05, 4.69) is 11.4 Å². The van der Waals surface area contributed by atoms with Crippen LogP contribution in [0.15, 0.2) is 12.2 Å². The molecule has 0 aromatic heterocycles. The minimum absolute atomic E-state index is 0.105. The maximum absolute atomic E-state index is 5.44. The van der Waals surface area contributed by atoms with Crippen molar-refractivity contribution in [2.45, 2.75) is 12.6 Å². The fourth-order valence-corrected chi connectivity index (χ4v) is 0.644. The molecule has 2 nitrogen and oxygen atoms in total. The summed E-state index contributed by atoms with van der Waals surface area (Å²) in [4.78, 5) is 0. The van der Waals surface area contributed by atoms with Gasteiger partial charge in [-0.15, -0.1) is 0 Å². The van der Waals surface area contributed by atoms with Gasteiger partial charge in [0, 0.05) is 6.54 Å². The fraction of sp³-hybridized carbons (Fsp3) is 0.600. The lowest BCUT2D eigenvalue weighted by Gasteiger charge is -2.11. The first kappa shape index (κ1) is 4.81. The lowest BCUT2D eigenvalue weighted by molar-refractivity contribution is 0.593. The number of hydrogen-bond acceptors (Lipinski definition) is 2. The molecular formula is C5H10N2. The molecule has 0 amide bonds. The lowest BCUT2D eigenvalue weighted by atomic mass is 10.3. The van der Waals surface area contributed by atoms with Crippen molar-refractivity contribution in [3.05, 3.63) is 12.2 Å². The van der Waals surface area contributed by atoms with Crippen molar-refractivity contribution in [1.82, 2.24) is 5.32 Å². The molecule has 0 saturated heterocycles. The molecule has 0 bridgehead atoms. The van der Waals surface area contributed by atoms with Crippen molar-refractivity contribution >= 4 is 0 Å². The molecule has 0 aromatic carbocycles. The van der Waals surface area contributed by atoms with E-state index in [1.807, 2.05) is 6.08 Å². The number of nitrogens with one attached hydrogen (secondary N) is 1. The van der Waals surface area contributed by atoms with Crippen LogP contribution in [0.3, 0.4) is 0 Å². The summed E-state index contributed by atoms with van der Waals surface area (Å²) < 4.78 is 0. The molecule has 0 spiro atoms. The molecule has 0 aliphatic carbocycles. The van der Waals surface area contributed by atoms with Crippen LogP contribution in [0.5, 0.6) is 0 Å². The highest BCUT2D eigenvalue weighted by Crippen LogP contribution is 1.89. The highest BCUT2D eigenvalue weighted by molar-refractivity contribution is 4.94. The number of hydrogen-bond donors (Lipinski definition) is 2. The van der Waals surface area contributed by atoms with Gasteiger partial charge in [-0.1, -0.05) is 12.2 Å². The zero-order valence-electron chi connectivity index (χ0n) is 4.22. The van der Waals surface area contributed by atoms with Crippen LogP contribution in [0.1, 0.15) is 6.42 Å². The highest BCUT2D eigenvalue weighted by atomic mass is 15.0. The van der Waals surface area contributed by atoms with Crippen LogP contribution in [0.4, 0.5) is 0 Å². The Morgan fingerprint density at radius 1 is 1.71 bits per heavy atom. The molecule has 1 heterocycles. The largest absolute Gasteiger partial charge is 0.313 e. The Labute approximate surface area is 43.4 Å². The van der Waals surface area contributed by atoms with E-state index < -0.39 is 0 Å². The smallest absolute Gasteiger partial charge is 0.0738 e. The molecule has 1 aliphatic rings. The third-order valence-corrected chi connectivity index (χ3v) is 1.03. The third kappa shape index (κ3) is 1.29. The molecule has 0 aromatic rings. The summed E-state index contributed by atoms with van der Waals surface area (Å²) in [5.74, 6) is 0. The molecule has 7 heavy (non-hydrogen) atoms. The maximum Gasteiger partial charge on any atom is 0.0738 e. The van der Waals surface area contributed by atoms with Crippen LogP contribution in [0, 0.1) is 0 Å². The van der Waals surface area contributed by atoms with Gasteiger partial charge < -0.3 is 5.73 Å². The van der Waals surface area contributed by atoms with Crippen molar-refractivity contribution in [2.24, 2.45) is 5.73 Å². The number of rotatable bonds is 0. The van der Waals surface area contributed by atoms with E-state index in [1.54, 1.807) is 0 Å². The summed E-state index contributed by atoms with van der Waals surface area (Å²) >= 11 is 0. The molecule has 1 rings (SSSR count). The van der Waals surface area contributed by atoms with Crippen LogP contribution < -0.4 is 11.1 Å². The second kappa shape index (κ2) is 2.09. The van der Waals surface area contributed by atoms with Gasteiger partial charge in [0.05, 0.1) is 6.17 Å². The van der Waals surface area contributed by atoms with Crippen LogP contribution in [0.2, 0.25) is 0 Å². The van der Waals surface area contributed by atoms with Gasteiger partial charge in [-0.25, -0.2) is 0 Å². The summed E-state index contributed by atoms with van der Waals surface area (Å²) in [6.07, 6.45) is 5.30. The van der Waals surface area contributed by atoms with Gasteiger partial charge in [0.25, 0.3) is 0 Å². The van der Waals surface area contributed by atoms with Crippen LogP contribution in [0.25, 0.3) is 0 Å². The van der Waals surface area contributed by atoms with Crippen molar-refractivity contribution in [1.29, 1.82) is 0 Å². The summed E-state index contributed by atoms with van der Waals surface area (Å²) in [6, 6.07) is 0. The minimum Gasteiger partial charge on any atom is -0.313 e. The summed E-state index contributed by atoms with van der Waals surface area (Å²) in [5, 5.41) is 3.07. The van der Waals surface area contributed by atoms with E-state index in [1.165, 1.54) is 0 Å². The third-order valence-electron chi connectivity index (χ3n) is 1.03. The van der Waals surface area contributed by atoms with Gasteiger partial charge in [-0.3, -0.25) is 5.32 Å². The fourth-order valence-electron chi connectivity index (χ4n) is 0.644. The quantitative estimate of drug-likeness (QED) is 0.412. The first-order valence-electron chi connectivity index (χ1n) is 2.55. The molecular weight excluding hydrogens is 88.1 g/mol. The predicted octanol–water partition coefficient (Wildman–Crippen LogP) is -0.179. The van der Waals surface area contributed by atoms with Crippen molar-refractivity contribution in [2.75, 3.05) is 6.54 Å². The second-order valence-corrected chi connectivity index (χ2v) is 1.70. The van der Waals surface area contributed by atoms with E-state index in [4.69, 9.17) is 5.73 Å². The topological polar surface area (TPSA) is 38.0 Å². The molecule has 1 aliphatic heterocycles. The maximum atomic E-state index is 5.44. The molecule has 1 unspecified atom stereocenters. The zero-order valence-corrected chi connectivity index (χ0v) is 4.22. The Kier molecular flexibility index (Phi) is 1.44. The van der Waals surface area contributed by atoms with Gasteiger partial charge in [-0.05, 0) is 6.42 Å². The van der Waals surface area contributed by atoms with Gasteiger partial charge in [0.2, 0.25) is 0 Å². The van der Waals surface area contributed by atoms with Gasteiger partial charge in [-0.2, -0.15) is 0 Å². The Balaban J connectivity index is 2.36. The van der Waals surface area contributed by atoms with Gasteiger partial charge >= 0.3 is 0 Å². The van der Waals surface area contributed by atoms with Crippen molar-refractivity contribution in [3.63, 3.8) is 0 Å². The standard InChI is InChI=1S/C5H10N2/c6-5-3-1-2-4-7-5/h1,3,5,7H,2,4,6H2. The molecule has 40 valence electrons. The van der Waals surface area contributed by atoms with Crippen LogP contribution in [-0.2, 0) is 0 Å². The van der Waals surface area contributed by atoms with Crippen molar-refractivity contribution < 1.29 is 0 Å². The first-order valence-corrected chi connectivity index (χ1v) is 2.55. The Bertz CT molecular complexity index is 78.1. The average molecular weight is 98.1 g/mol. The van der Waals surface area contributed by atoms with Crippen molar-refractivity contribution in [3.8, 4) is 0 Å². The molecule has 2 heteroatoms. The average Bonchev–Trinajstić information content (AvgIpc) is 1.69. The molecule has 1 atom stereocenters. The van der Waals surface area contributed by atoms with Gasteiger partial charge in [0.15, 0.2) is 0 Å². The van der Waals surface area contributed by atoms with Crippen LogP contribution >= 0.6 is 0 Å². The Hall–Kier alpha value is -0.340. The van der Waals surface area contributed by atoms with E-state index in [0.717, 1.165) is 13.0 Å².